The summed E-state index contributed by atoms with van der Waals surface area (Å²) in [7, 11) is 1.60. The number of carbonyl (C=O) groups excluding carboxylic acids is 1. The fraction of sp³-hybridized carbons (Fsp3) is 0.308. The van der Waals surface area contributed by atoms with Crippen LogP contribution in [0.1, 0.15) is 43.7 Å². The van der Waals surface area contributed by atoms with Crippen LogP contribution in [0.25, 0.3) is 0 Å². The smallest absolute Gasteiger partial charge is 0.162 e. The number of aryl methyl sites for hydroxylation is 1. The minimum Gasteiger partial charge on any atom is -0.496 e. The molecule has 0 saturated heterocycles. The number of Topliss-reactive ketones (excluding diaryl/α,β-unsaturated/α-hetero) is 1. The molecule has 1 atom stereocenters. The maximum absolute atomic E-state index is 13.5. The Labute approximate surface area is 183 Å². The molecule has 1 aliphatic carbocycles. The maximum Gasteiger partial charge on any atom is 0.162 e. The van der Waals surface area contributed by atoms with E-state index < -0.39 is 5.92 Å². The fourth-order valence-electron chi connectivity index (χ4n) is 4.71. The van der Waals surface area contributed by atoms with Crippen LogP contribution >= 0.6 is 0 Å². The van der Waals surface area contributed by atoms with E-state index >= 15 is 0 Å². The average Bonchev–Trinajstić information content (AvgIpc) is 2.73. The Balaban J connectivity index is 2.02. The second kappa shape index (κ2) is 7.63. The number of nitrogens with zero attached hydrogens (tertiary/aromatic N) is 2. The SMILES string of the molecule is COc1ccccc1C1C(C#N)=C(N)N(c2ccc(C)cc2)C2=C1C(=O)CC(C)(C)C2. The first-order valence-corrected chi connectivity index (χ1v) is 10.4. The number of carbonyl (C=O) groups is 1. The van der Waals surface area contributed by atoms with Crippen molar-refractivity contribution in [2.45, 2.75) is 39.5 Å². The van der Waals surface area contributed by atoms with Crippen LogP contribution in [0.15, 0.2) is 71.2 Å². The van der Waals surface area contributed by atoms with E-state index in [0.717, 1.165) is 22.5 Å². The van der Waals surface area contributed by atoms with Gasteiger partial charge < -0.3 is 10.5 Å². The molecule has 158 valence electrons. The van der Waals surface area contributed by atoms with Gasteiger partial charge in [-0.05, 0) is 37.0 Å². The third-order valence-electron chi connectivity index (χ3n) is 6.12. The lowest BCUT2D eigenvalue weighted by Gasteiger charge is -2.44. The van der Waals surface area contributed by atoms with E-state index in [1.165, 1.54) is 0 Å². The van der Waals surface area contributed by atoms with Gasteiger partial charge in [0.15, 0.2) is 5.78 Å². The molecule has 1 heterocycles. The standard InChI is InChI=1S/C26H27N3O2/c1-16-9-11-17(12-10-16)29-20-13-26(2,3)14-21(30)24(20)23(19(15-27)25(29)28)18-7-5-6-8-22(18)31-4/h5-12,23H,13-14,28H2,1-4H3. The van der Waals surface area contributed by atoms with Crippen LogP contribution < -0.4 is 15.4 Å². The van der Waals surface area contributed by atoms with Gasteiger partial charge in [0.2, 0.25) is 0 Å². The Morgan fingerprint density at radius 2 is 1.81 bits per heavy atom. The van der Waals surface area contributed by atoms with E-state index in [1.54, 1.807) is 7.11 Å². The Hall–Kier alpha value is -3.52. The number of hydrogen-bond donors (Lipinski definition) is 1. The van der Waals surface area contributed by atoms with Gasteiger partial charge in [0.25, 0.3) is 0 Å². The molecule has 1 aliphatic heterocycles. The van der Waals surface area contributed by atoms with Gasteiger partial charge >= 0.3 is 0 Å². The summed E-state index contributed by atoms with van der Waals surface area (Å²) >= 11 is 0. The van der Waals surface area contributed by atoms with Gasteiger partial charge in [0.1, 0.15) is 11.6 Å². The van der Waals surface area contributed by atoms with Gasteiger partial charge in [-0.25, -0.2) is 0 Å². The van der Waals surface area contributed by atoms with Crippen molar-refractivity contribution in [3.63, 3.8) is 0 Å². The van der Waals surface area contributed by atoms with E-state index in [1.807, 2.05) is 60.4 Å². The summed E-state index contributed by atoms with van der Waals surface area (Å²) in [6, 6.07) is 17.8. The molecule has 0 fully saturated rings. The maximum atomic E-state index is 13.5. The quantitative estimate of drug-likeness (QED) is 0.771. The number of ketones is 1. The molecule has 4 rings (SSSR count). The van der Waals surface area contributed by atoms with Crippen LogP contribution in [0, 0.1) is 23.7 Å². The fourth-order valence-corrected chi connectivity index (χ4v) is 4.71. The van der Waals surface area contributed by atoms with Gasteiger partial charge in [-0.3, -0.25) is 9.69 Å². The highest BCUT2D eigenvalue weighted by molar-refractivity contribution is 6.01. The van der Waals surface area contributed by atoms with Crippen molar-refractivity contribution in [2.75, 3.05) is 12.0 Å². The molecular weight excluding hydrogens is 386 g/mol. The number of anilines is 1. The van der Waals surface area contributed by atoms with Crippen molar-refractivity contribution in [3.8, 4) is 11.8 Å². The Morgan fingerprint density at radius 3 is 2.45 bits per heavy atom. The minimum atomic E-state index is -0.540. The van der Waals surface area contributed by atoms with Crippen molar-refractivity contribution >= 4 is 11.5 Å². The van der Waals surface area contributed by atoms with E-state index in [9.17, 15) is 10.1 Å². The second-order valence-electron chi connectivity index (χ2n) is 9.06. The highest BCUT2D eigenvalue weighted by Crippen LogP contribution is 2.51. The van der Waals surface area contributed by atoms with Crippen LogP contribution in [0.4, 0.5) is 5.69 Å². The molecule has 0 amide bonds. The Kier molecular flexibility index (Phi) is 5.10. The number of nitrogens with two attached hydrogens (primary N) is 1. The van der Waals surface area contributed by atoms with E-state index in [-0.39, 0.29) is 11.2 Å². The number of para-hydroxylation sites is 1. The third kappa shape index (κ3) is 3.48. The zero-order valence-corrected chi connectivity index (χ0v) is 18.4. The van der Waals surface area contributed by atoms with Crippen molar-refractivity contribution in [1.82, 2.24) is 0 Å². The lowest BCUT2D eigenvalue weighted by molar-refractivity contribution is -0.118. The van der Waals surface area contributed by atoms with Gasteiger partial charge in [-0.15, -0.1) is 0 Å². The summed E-state index contributed by atoms with van der Waals surface area (Å²) < 4.78 is 5.59. The normalized spacial score (nSPS) is 20.4. The Morgan fingerprint density at radius 1 is 1.13 bits per heavy atom. The van der Waals surface area contributed by atoms with Crippen LogP contribution in [0.5, 0.6) is 5.75 Å². The third-order valence-corrected chi connectivity index (χ3v) is 6.12. The summed E-state index contributed by atoms with van der Waals surface area (Å²) in [6.45, 7) is 6.22. The molecule has 0 radical (unpaired) electrons. The minimum absolute atomic E-state index is 0.0551. The highest BCUT2D eigenvalue weighted by atomic mass is 16.5. The average molecular weight is 414 g/mol. The molecule has 0 spiro atoms. The van der Waals surface area contributed by atoms with Crippen molar-refractivity contribution in [1.29, 1.82) is 5.26 Å². The topological polar surface area (TPSA) is 79.3 Å². The highest BCUT2D eigenvalue weighted by Gasteiger charge is 2.45. The molecule has 5 heteroatoms. The van der Waals surface area contributed by atoms with Gasteiger partial charge in [0, 0.05) is 28.9 Å². The molecule has 2 aromatic carbocycles. The lowest BCUT2D eigenvalue weighted by Crippen LogP contribution is -2.42. The molecule has 2 aromatic rings. The van der Waals surface area contributed by atoms with Crippen LogP contribution in [-0.2, 0) is 4.79 Å². The summed E-state index contributed by atoms with van der Waals surface area (Å²) in [4.78, 5) is 15.4. The largest absolute Gasteiger partial charge is 0.496 e. The number of ether oxygens (including phenoxy) is 1. The molecule has 0 saturated carbocycles. The predicted octanol–water partition coefficient (Wildman–Crippen LogP) is 4.94. The van der Waals surface area contributed by atoms with Crippen LogP contribution in [0.2, 0.25) is 0 Å². The number of allylic oxidation sites excluding steroid dienone is 3. The summed E-state index contributed by atoms with van der Waals surface area (Å²) in [6.07, 6.45) is 1.12. The monoisotopic (exact) mass is 413 g/mol. The lowest BCUT2D eigenvalue weighted by atomic mass is 9.68. The number of benzene rings is 2. The number of hydrogen-bond acceptors (Lipinski definition) is 5. The molecule has 0 aromatic heterocycles. The molecule has 2 aliphatic rings. The summed E-state index contributed by atoms with van der Waals surface area (Å²) in [5.41, 5.74) is 11.1. The van der Waals surface area contributed by atoms with Gasteiger partial charge in [-0.1, -0.05) is 49.7 Å². The van der Waals surface area contributed by atoms with Gasteiger partial charge in [-0.2, -0.15) is 5.26 Å². The van der Waals surface area contributed by atoms with E-state index in [2.05, 4.69) is 19.9 Å². The molecule has 5 nitrogen and oxygen atoms in total. The summed E-state index contributed by atoms with van der Waals surface area (Å²) in [5.74, 6) is 0.522. The number of nitriles is 1. The molecule has 31 heavy (non-hydrogen) atoms. The van der Waals surface area contributed by atoms with Crippen molar-refractivity contribution < 1.29 is 9.53 Å². The van der Waals surface area contributed by atoms with Crippen molar-refractivity contribution in [3.05, 3.63) is 82.3 Å². The first-order valence-electron chi connectivity index (χ1n) is 10.4. The van der Waals surface area contributed by atoms with Crippen LogP contribution in [-0.4, -0.2) is 12.9 Å². The zero-order chi connectivity index (χ0) is 22.3. The molecular formula is C26H27N3O2. The van der Waals surface area contributed by atoms with Crippen LogP contribution in [0.3, 0.4) is 0 Å². The number of methoxy groups -OCH3 is 1. The molecule has 2 N–H and O–H groups in total. The molecule has 0 bridgehead atoms. The van der Waals surface area contributed by atoms with E-state index in [4.69, 9.17) is 10.5 Å². The van der Waals surface area contributed by atoms with Gasteiger partial charge in [0.05, 0.1) is 24.7 Å². The first-order chi connectivity index (χ1) is 14.8. The first kappa shape index (κ1) is 20.7. The molecule has 1 unspecified atom stereocenters. The Bertz CT molecular complexity index is 1150. The van der Waals surface area contributed by atoms with Crippen molar-refractivity contribution in [2.24, 2.45) is 11.1 Å². The predicted molar refractivity (Wildman–Crippen MR) is 121 cm³/mol. The zero-order valence-electron chi connectivity index (χ0n) is 18.4. The second-order valence-corrected chi connectivity index (χ2v) is 9.06. The van der Waals surface area contributed by atoms with E-state index in [0.29, 0.717) is 35.6 Å². The number of rotatable bonds is 3. The summed E-state index contributed by atoms with van der Waals surface area (Å²) in [5, 5.41) is 10.2.